The Hall–Kier alpha value is -11.8. The van der Waals surface area contributed by atoms with Crippen molar-refractivity contribution in [3.8, 4) is 64.1 Å². The Bertz CT molecular complexity index is 5270. The molecule has 521 valence electrons. The van der Waals surface area contributed by atoms with Gasteiger partial charge in [-0.15, -0.1) is 0 Å². The number of halogens is 10. The van der Waals surface area contributed by atoms with Crippen LogP contribution in [0.1, 0.15) is 77.5 Å². The number of aliphatic hydroxyl groups is 1. The minimum atomic E-state index is -4.67. The smallest absolute Gasteiger partial charge is 1.00 e. The molecule has 0 aliphatic carbocycles. The fourth-order valence-electron chi connectivity index (χ4n) is 10.0. The van der Waals surface area contributed by atoms with Crippen LogP contribution in [0, 0.1) is 34.0 Å². The molecule has 0 aliphatic heterocycles. The van der Waals surface area contributed by atoms with Gasteiger partial charge in [-0.2, -0.15) is 55.3 Å². The summed E-state index contributed by atoms with van der Waals surface area (Å²) in [7, 11) is 3.94. The number of carbonyl (C=O) groups is 4. The number of alkyl halides is 9. The summed E-state index contributed by atoms with van der Waals surface area (Å²) in [5.41, 5.74) is 5.75. The number of aromatic amines is 1. The van der Waals surface area contributed by atoms with Crippen molar-refractivity contribution in [3.63, 3.8) is 0 Å². The van der Waals surface area contributed by atoms with Gasteiger partial charge in [0, 0.05) is 59.3 Å². The number of hydrogen-bond acceptors (Lipinski definition) is 14. The van der Waals surface area contributed by atoms with Crippen molar-refractivity contribution in [2.24, 2.45) is 5.73 Å². The van der Waals surface area contributed by atoms with Gasteiger partial charge in [0.25, 0.3) is 5.91 Å². The zero-order valence-electron chi connectivity index (χ0n) is 55.5. The third-order valence-electron chi connectivity index (χ3n) is 14.9. The molecule has 18 nitrogen and oxygen atoms in total. The van der Waals surface area contributed by atoms with Gasteiger partial charge in [-0.3, -0.25) is 4.79 Å². The van der Waals surface area contributed by atoms with Gasteiger partial charge in [0.1, 0.15) is 34.5 Å². The van der Waals surface area contributed by atoms with E-state index in [4.69, 9.17) is 45.2 Å². The summed E-state index contributed by atoms with van der Waals surface area (Å²) in [6.07, 6.45) is -10.2. The van der Waals surface area contributed by atoms with E-state index >= 15 is 0 Å². The second-order valence-electron chi connectivity index (χ2n) is 21.4. The molecule has 0 fully saturated rings. The summed E-state index contributed by atoms with van der Waals surface area (Å²) in [6.45, 7) is 0. The SMILES string of the molecule is COC(=O)c1ccc2c(C(O)C(N)=O)cn(-c3ccc(Oc4ccc(C(F)(F)F)c(C#N)c4)cc3)c2c1.COC(=O)c1ccc2cc[nH]c2c1.COC(=O)c1ccc2ccn(-c3ccc(Oc4ccc(C(F)(F)F)c(C#N)c4)cc3)c2c1.N#Cc1cc(Oc2ccc(Br)cc2)ccc1C(F)(F)F.[B].[H-].[Na+]. The number of nitrogens with two attached hydrogens (primary N) is 1. The molecule has 1 unspecified atom stereocenters. The van der Waals surface area contributed by atoms with Gasteiger partial charge < -0.3 is 54.8 Å². The average Bonchev–Trinajstić information content (AvgIpc) is 1.74. The molecule has 9 aromatic carbocycles. The molecule has 30 heteroatoms. The zero-order valence-corrected chi connectivity index (χ0v) is 58.1. The van der Waals surface area contributed by atoms with E-state index in [0.717, 1.165) is 74.4 Å². The van der Waals surface area contributed by atoms with E-state index in [1.807, 2.05) is 41.2 Å². The minimum absolute atomic E-state index is 0. The van der Waals surface area contributed by atoms with Crippen LogP contribution in [-0.4, -0.2) is 72.8 Å². The van der Waals surface area contributed by atoms with Crippen molar-refractivity contribution in [1.82, 2.24) is 14.1 Å². The molecular weight excluding hydrogens is 1450 g/mol. The first-order valence-corrected chi connectivity index (χ1v) is 30.2. The molecule has 104 heavy (non-hydrogen) atoms. The van der Waals surface area contributed by atoms with Gasteiger partial charge in [0.2, 0.25) is 0 Å². The molecule has 0 spiro atoms. The number of benzene rings is 9. The summed E-state index contributed by atoms with van der Waals surface area (Å²) in [6, 6.07) is 52.8. The number of esters is 3. The molecule has 1 atom stereocenters. The van der Waals surface area contributed by atoms with E-state index < -0.39 is 75.9 Å². The van der Waals surface area contributed by atoms with Crippen molar-refractivity contribution in [2.75, 3.05) is 21.3 Å². The first-order valence-electron chi connectivity index (χ1n) is 29.4. The zero-order chi connectivity index (χ0) is 73.8. The number of H-pyrrole nitrogens is 1. The first-order chi connectivity index (χ1) is 48.5. The summed E-state index contributed by atoms with van der Waals surface area (Å²) < 4.78 is 151. The third kappa shape index (κ3) is 19.2. The van der Waals surface area contributed by atoms with Crippen LogP contribution in [-0.2, 0) is 37.5 Å². The number of carbonyl (C=O) groups excluding carboxylic acids is 4. The Morgan fingerprint density at radius 3 is 1.27 bits per heavy atom. The predicted octanol–water partition coefficient (Wildman–Crippen LogP) is 14.5. The number of nitrogens with zero attached hydrogens (tertiary/aromatic N) is 5. The van der Waals surface area contributed by atoms with Gasteiger partial charge in [-0.05, 0) is 187 Å². The molecule has 0 aliphatic rings. The van der Waals surface area contributed by atoms with Gasteiger partial charge in [-0.25, -0.2) is 14.4 Å². The van der Waals surface area contributed by atoms with Crippen molar-refractivity contribution in [3.05, 3.63) is 273 Å². The molecular formula is C74H50BBrF9N7NaO11. The van der Waals surface area contributed by atoms with E-state index in [-0.39, 0.29) is 79.5 Å². The minimum Gasteiger partial charge on any atom is -1.00 e. The van der Waals surface area contributed by atoms with Crippen molar-refractivity contribution in [2.45, 2.75) is 24.6 Å². The van der Waals surface area contributed by atoms with Crippen molar-refractivity contribution < 1.29 is 123 Å². The largest absolute Gasteiger partial charge is 1.00 e. The molecule has 12 aromatic rings. The number of aromatic nitrogens is 3. The van der Waals surface area contributed by atoms with E-state index in [9.17, 15) is 63.8 Å². The molecule has 0 saturated carbocycles. The van der Waals surface area contributed by atoms with Crippen molar-refractivity contribution >= 4 is 80.9 Å². The third-order valence-corrected chi connectivity index (χ3v) is 15.4. The van der Waals surface area contributed by atoms with Crippen LogP contribution >= 0.6 is 15.9 Å². The van der Waals surface area contributed by atoms with Gasteiger partial charge in [-0.1, -0.05) is 34.1 Å². The number of methoxy groups -OCH3 is 3. The van der Waals surface area contributed by atoms with E-state index in [2.05, 4.69) is 25.7 Å². The Morgan fingerprint density at radius 2 is 0.865 bits per heavy atom. The van der Waals surface area contributed by atoms with E-state index in [1.165, 1.54) is 63.9 Å². The number of nitriles is 3. The number of hydrogen-bond donors (Lipinski definition) is 3. The molecule has 4 N–H and O–H groups in total. The molecule has 1 amide bonds. The average molecular weight is 1500 g/mol. The second kappa shape index (κ2) is 34.3. The number of fused-ring (bicyclic) bond motifs is 3. The summed E-state index contributed by atoms with van der Waals surface area (Å²) in [4.78, 5) is 49.7. The predicted molar refractivity (Wildman–Crippen MR) is 363 cm³/mol. The van der Waals surface area contributed by atoms with Crippen LogP contribution < -0.4 is 49.5 Å². The molecule has 3 radical (unpaired) electrons. The Labute approximate surface area is 618 Å². The van der Waals surface area contributed by atoms with Crippen molar-refractivity contribution in [1.29, 1.82) is 15.8 Å². The molecule has 0 bridgehead atoms. The maximum Gasteiger partial charge on any atom is 1.00 e. The summed E-state index contributed by atoms with van der Waals surface area (Å²) >= 11 is 3.26. The quantitative estimate of drug-likeness (QED) is 0.0419. The maximum atomic E-state index is 13.0. The number of ether oxygens (including phenoxy) is 6. The molecule has 0 saturated heterocycles. The fourth-order valence-corrected chi connectivity index (χ4v) is 10.3. The normalized spacial score (nSPS) is 11.1. The Balaban J connectivity index is 0.000000231. The summed E-state index contributed by atoms with van der Waals surface area (Å²) in [5.74, 6) is -0.797. The number of rotatable bonds is 13. The topological polar surface area (TPSA) is 267 Å². The Kier molecular flexibility index (Phi) is 26.2. The number of primary amides is 1. The second-order valence-corrected chi connectivity index (χ2v) is 22.3. The maximum absolute atomic E-state index is 13.0. The van der Waals surface area contributed by atoms with Crippen LogP contribution in [0.25, 0.3) is 44.1 Å². The number of aliphatic hydroxyl groups excluding tert-OH is 1. The van der Waals surface area contributed by atoms with Gasteiger partial charge in [0.15, 0.2) is 6.10 Å². The number of nitrogens with one attached hydrogen (secondary N) is 1. The van der Waals surface area contributed by atoms with Crippen LogP contribution in [0.15, 0.2) is 217 Å². The van der Waals surface area contributed by atoms with Gasteiger partial charge in [0.05, 0.1) is 101 Å². The summed E-state index contributed by atoms with van der Waals surface area (Å²) in [5, 5.41) is 39.7. The molecule has 12 rings (SSSR count). The molecule has 3 heterocycles. The van der Waals surface area contributed by atoms with E-state index in [0.29, 0.717) is 39.2 Å². The van der Waals surface area contributed by atoms with Gasteiger partial charge >= 0.3 is 66.0 Å². The monoisotopic (exact) mass is 1500 g/mol. The Morgan fingerprint density at radius 1 is 0.490 bits per heavy atom. The first kappa shape index (κ1) is 79.5. The van der Waals surface area contributed by atoms with E-state index in [1.54, 1.807) is 114 Å². The standard InChI is InChI=1S/C26H18F3N3O5.C24H15F3N2O3.C14H7BrF3NO.C10H9NO2.B.Na.H/c1-36-25(35)14-2-8-19-20(23(33)24(31)34)13-32(22(19)11-14)16-3-5-17(6-4-16)37-18-7-9-21(26(27,28)29)15(10-18)12-30;1-31-23(30)16-3-2-15-10-11-29(22(15)13-16)18-4-6-19(7-5-18)32-20-8-9-21(24(25,26)27)17(12-20)14-28;15-10-1-3-11(4-2-10)20-12-5-6-13(14(16,17)18)9(7-12)8-19;1-13-10(12)8-3-2-7-4-5-11-9(7)6-8;;;/h2-11,13,23,33H,1H3,(H2,31,34);2-13H,1H3;1-7H;2-6,11H,1H3;;;/q;;;;;+1;-1. The number of amides is 1. The van der Waals surface area contributed by atoms with Crippen LogP contribution in [0.3, 0.4) is 0 Å². The van der Waals surface area contributed by atoms with Crippen LogP contribution in [0.2, 0.25) is 0 Å². The fraction of sp³-hybridized carbons (Fsp3) is 0.0946. The van der Waals surface area contributed by atoms with Crippen LogP contribution in [0.5, 0.6) is 34.5 Å². The molecule has 3 aromatic heterocycles. The van der Waals surface area contributed by atoms with Crippen LogP contribution in [0.4, 0.5) is 39.5 Å².